The number of imidazole rings is 1. The van der Waals surface area contributed by atoms with Crippen molar-refractivity contribution in [3.8, 4) is 16.9 Å². The third-order valence-corrected chi connectivity index (χ3v) is 7.25. The first-order valence-electron chi connectivity index (χ1n) is 9.59. The van der Waals surface area contributed by atoms with Gasteiger partial charge >= 0.3 is 0 Å². The maximum Gasteiger partial charge on any atom is 0.242 e. The number of hydrogen-bond donors (Lipinski definition) is 2. The number of benzene rings is 2. The first-order chi connectivity index (χ1) is 14.4. The van der Waals surface area contributed by atoms with Crippen LogP contribution in [0.2, 0.25) is 0 Å². The molecule has 0 amide bonds. The van der Waals surface area contributed by atoms with Gasteiger partial charge in [-0.05, 0) is 47.9 Å². The lowest BCUT2D eigenvalue weighted by Crippen LogP contribution is -2.24. The van der Waals surface area contributed by atoms with Crippen LogP contribution in [-0.4, -0.2) is 53.6 Å². The molecule has 30 heavy (non-hydrogen) atoms. The van der Waals surface area contributed by atoms with E-state index < -0.39 is 10.0 Å². The molecule has 0 saturated carbocycles. The van der Waals surface area contributed by atoms with Crippen molar-refractivity contribution in [2.24, 2.45) is 0 Å². The van der Waals surface area contributed by atoms with Gasteiger partial charge in [0, 0.05) is 25.9 Å². The van der Waals surface area contributed by atoms with Crippen molar-refractivity contribution < 1.29 is 13.2 Å². The Kier molecular flexibility index (Phi) is 4.37. The van der Waals surface area contributed by atoms with Gasteiger partial charge in [-0.15, -0.1) is 0 Å². The van der Waals surface area contributed by atoms with Crippen molar-refractivity contribution in [1.29, 1.82) is 0 Å². The fourth-order valence-electron chi connectivity index (χ4n) is 3.73. The van der Waals surface area contributed by atoms with Crippen LogP contribution in [0, 0.1) is 0 Å². The van der Waals surface area contributed by atoms with E-state index in [-0.39, 0.29) is 10.8 Å². The average molecular weight is 423 g/mol. The number of aromatic nitrogens is 4. The van der Waals surface area contributed by atoms with E-state index in [1.54, 1.807) is 24.4 Å². The molecule has 0 spiro atoms. The summed E-state index contributed by atoms with van der Waals surface area (Å²) in [7, 11) is -0.437. The van der Waals surface area contributed by atoms with E-state index in [0.29, 0.717) is 13.0 Å². The highest BCUT2D eigenvalue weighted by Crippen LogP contribution is 2.34. The van der Waals surface area contributed by atoms with Gasteiger partial charge in [-0.2, -0.15) is 5.10 Å². The van der Waals surface area contributed by atoms with E-state index in [1.807, 2.05) is 18.3 Å². The molecule has 154 valence electrons. The van der Waals surface area contributed by atoms with Gasteiger partial charge in [0.1, 0.15) is 11.6 Å². The predicted molar refractivity (Wildman–Crippen MR) is 113 cm³/mol. The monoisotopic (exact) mass is 423 g/mol. The maximum atomic E-state index is 12.5. The molecule has 5 rings (SSSR count). The summed E-state index contributed by atoms with van der Waals surface area (Å²) in [5.74, 6) is 1.57. The Hall–Kier alpha value is -3.17. The molecule has 1 aliphatic rings. The van der Waals surface area contributed by atoms with Gasteiger partial charge in [-0.3, -0.25) is 5.10 Å². The summed E-state index contributed by atoms with van der Waals surface area (Å²) in [6.07, 6.45) is 4.29. The predicted octanol–water partition coefficient (Wildman–Crippen LogP) is 2.92. The molecule has 0 fully saturated rings. The normalized spacial score (nSPS) is 16.6. The molecule has 0 radical (unpaired) electrons. The second-order valence-corrected chi connectivity index (χ2v) is 9.76. The summed E-state index contributed by atoms with van der Waals surface area (Å²) in [5, 5.41) is 6.83. The van der Waals surface area contributed by atoms with E-state index >= 15 is 0 Å². The number of rotatable bonds is 4. The Balaban J connectivity index is 1.46. The van der Waals surface area contributed by atoms with Crippen molar-refractivity contribution in [2.75, 3.05) is 20.7 Å². The molecule has 0 aliphatic carbocycles. The van der Waals surface area contributed by atoms with E-state index in [9.17, 15) is 8.42 Å². The van der Waals surface area contributed by atoms with Gasteiger partial charge in [-0.25, -0.2) is 17.7 Å². The second kappa shape index (κ2) is 6.96. The Bertz CT molecular complexity index is 1330. The summed E-state index contributed by atoms with van der Waals surface area (Å²) in [5.41, 5.74) is 4.76. The molecule has 0 saturated heterocycles. The smallest absolute Gasteiger partial charge is 0.242 e. The molecule has 1 atom stereocenters. The minimum absolute atomic E-state index is 0.0135. The molecule has 2 aromatic heterocycles. The molecule has 1 unspecified atom stereocenters. The van der Waals surface area contributed by atoms with Crippen LogP contribution in [0.25, 0.3) is 22.2 Å². The zero-order chi connectivity index (χ0) is 20.9. The molecule has 0 bridgehead atoms. The highest BCUT2D eigenvalue weighted by molar-refractivity contribution is 7.89. The Morgan fingerprint density at radius 3 is 2.77 bits per heavy atom. The van der Waals surface area contributed by atoms with Gasteiger partial charge in [0.15, 0.2) is 0 Å². The quantitative estimate of drug-likeness (QED) is 0.525. The lowest BCUT2D eigenvalue weighted by molar-refractivity contribution is 0.258. The van der Waals surface area contributed by atoms with Crippen molar-refractivity contribution in [3.05, 3.63) is 60.2 Å². The molecule has 2 N–H and O–H groups in total. The van der Waals surface area contributed by atoms with Gasteiger partial charge < -0.3 is 9.72 Å². The minimum Gasteiger partial charge on any atom is -0.493 e. The largest absolute Gasteiger partial charge is 0.493 e. The van der Waals surface area contributed by atoms with Crippen molar-refractivity contribution in [2.45, 2.75) is 17.2 Å². The van der Waals surface area contributed by atoms with Gasteiger partial charge in [0.25, 0.3) is 0 Å². The molecule has 3 heterocycles. The van der Waals surface area contributed by atoms with Crippen LogP contribution < -0.4 is 4.74 Å². The number of aromatic amines is 2. The number of sulfonamides is 1. The summed E-state index contributed by atoms with van der Waals surface area (Å²) < 4.78 is 32.1. The molecule has 9 heteroatoms. The Morgan fingerprint density at radius 2 is 2.00 bits per heavy atom. The van der Waals surface area contributed by atoms with Crippen LogP contribution in [0.15, 0.2) is 53.7 Å². The first-order valence-corrected chi connectivity index (χ1v) is 11.0. The van der Waals surface area contributed by atoms with Crippen molar-refractivity contribution >= 4 is 21.1 Å². The fourth-order valence-corrected chi connectivity index (χ4v) is 4.68. The second-order valence-electron chi connectivity index (χ2n) is 7.61. The third kappa shape index (κ3) is 3.16. The molecule has 4 aromatic rings. The Labute approximate surface area is 174 Å². The first kappa shape index (κ1) is 18.8. The van der Waals surface area contributed by atoms with Crippen LogP contribution >= 0.6 is 0 Å². The average Bonchev–Trinajstić information content (AvgIpc) is 3.42. The third-order valence-electron chi connectivity index (χ3n) is 5.44. The van der Waals surface area contributed by atoms with Crippen LogP contribution in [-0.2, 0) is 16.4 Å². The molecular formula is C21H21N5O3S. The van der Waals surface area contributed by atoms with Gasteiger partial charge in [-0.1, -0.05) is 6.07 Å². The van der Waals surface area contributed by atoms with Gasteiger partial charge in [0.2, 0.25) is 10.0 Å². The molecule has 8 nitrogen and oxygen atoms in total. The SMILES string of the molecule is CN(C)S(=O)(=O)c1ccc2c(c1)CC(c1nc3ccc(-c4cn[nH]c4)cc3[nH]1)CO2. The minimum atomic E-state index is -3.49. The fraction of sp³-hybridized carbons (Fsp3) is 0.238. The van der Waals surface area contributed by atoms with Gasteiger partial charge in [0.05, 0.1) is 34.7 Å². The number of ether oxygens (including phenoxy) is 1. The summed E-state index contributed by atoms with van der Waals surface area (Å²) in [6.45, 7) is 0.487. The number of H-pyrrole nitrogens is 2. The van der Waals surface area contributed by atoms with E-state index in [0.717, 1.165) is 39.3 Å². The number of hydrogen-bond acceptors (Lipinski definition) is 5. The van der Waals surface area contributed by atoms with Crippen LogP contribution in [0.3, 0.4) is 0 Å². The topological polar surface area (TPSA) is 104 Å². The maximum absolute atomic E-state index is 12.5. The van der Waals surface area contributed by atoms with E-state index in [1.165, 1.54) is 18.4 Å². The van der Waals surface area contributed by atoms with Crippen molar-refractivity contribution in [3.63, 3.8) is 0 Å². The highest BCUT2D eigenvalue weighted by atomic mass is 32.2. The zero-order valence-corrected chi connectivity index (χ0v) is 17.4. The summed E-state index contributed by atoms with van der Waals surface area (Å²) >= 11 is 0. The Morgan fingerprint density at radius 1 is 1.13 bits per heavy atom. The van der Waals surface area contributed by atoms with Crippen LogP contribution in [0.5, 0.6) is 5.75 Å². The standard InChI is InChI=1S/C21H21N5O3S/c1-26(2)30(27,28)17-4-6-20-14(8-17)7-15(12-29-20)21-24-18-5-3-13(9-19(18)25-21)16-10-22-23-11-16/h3-6,8-11,15H,7,12H2,1-2H3,(H,22,23)(H,24,25). The van der Waals surface area contributed by atoms with E-state index in [2.05, 4.69) is 21.2 Å². The number of nitrogens with zero attached hydrogens (tertiary/aromatic N) is 3. The number of fused-ring (bicyclic) bond motifs is 2. The number of nitrogens with one attached hydrogen (secondary N) is 2. The highest BCUT2D eigenvalue weighted by Gasteiger charge is 2.26. The lowest BCUT2D eigenvalue weighted by atomic mass is 9.96. The van der Waals surface area contributed by atoms with Crippen LogP contribution in [0.4, 0.5) is 0 Å². The lowest BCUT2D eigenvalue weighted by Gasteiger charge is -2.24. The molecule has 2 aromatic carbocycles. The molecular weight excluding hydrogens is 402 g/mol. The summed E-state index contributed by atoms with van der Waals surface area (Å²) in [4.78, 5) is 8.43. The van der Waals surface area contributed by atoms with E-state index in [4.69, 9.17) is 9.72 Å². The zero-order valence-electron chi connectivity index (χ0n) is 16.6. The van der Waals surface area contributed by atoms with Crippen LogP contribution in [0.1, 0.15) is 17.3 Å². The molecule has 1 aliphatic heterocycles. The van der Waals surface area contributed by atoms with Crippen molar-refractivity contribution in [1.82, 2.24) is 24.5 Å². The summed E-state index contributed by atoms with van der Waals surface area (Å²) in [6, 6.07) is 11.1.